The Bertz CT molecular complexity index is 290. The van der Waals surface area contributed by atoms with Crippen molar-refractivity contribution in [3.8, 4) is 0 Å². The predicted octanol–water partition coefficient (Wildman–Crippen LogP) is 2.72. The van der Waals surface area contributed by atoms with Crippen LogP contribution in [0.1, 0.15) is 13.8 Å². The van der Waals surface area contributed by atoms with E-state index in [0.29, 0.717) is 11.4 Å². The first kappa shape index (κ1) is 10.8. The average Bonchev–Trinajstić information content (AvgIpc) is 2.07. The van der Waals surface area contributed by atoms with Crippen LogP contribution >= 0.6 is 0 Å². The van der Waals surface area contributed by atoms with Crippen LogP contribution in [0.2, 0.25) is 0 Å². The molecule has 78 valence electrons. The van der Waals surface area contributed by atoms with Crippen molar-refractivity contribution < 1.29 is 8.78 Å². The second-order valence-corrected chi connectivity index (χ2v) is 3.44. The molecule has 0 spiro atoms. The number of nitrogens with one attached hydrogen (secondary N) is 1. The molecule has 0 fully saturated rings. The number of hydrogen-bond donors (Lipinski definition) is 2. The van der Waals surface area contributed by atoms with Crippen LogP contribution in [-0.4, -0.2) is 12.0 Å². The Labute approximate surface area is 82.1 Å². The lowest BCUT2D eigenvalue weighted by molar-refractivity contribution is 0.00700. The van der Waals surface area contributed by atoms with Crippen LogP contribution in [0, 0.1) is 0 Å². The minimum atomic E-state index is -2.73. The van der Waals surface area contributed by atoms with E-state index in [0.717, 1.165) is 6.92 Å². The third kappa shape index (κ3) is 2.87. The number of alkyl halides is 2. The smallest absolute Gasteiger partial charge is 0.264 e. The number of anilines is 2. The van der Waals surface area contributed by atoms with E-state index in [4.69, 9.17) is 5.73 Å². The van der Waals surface area contributed by atoms with Crippen LogP contribution < -0.4 is 11.1 Å². The van der Waals surface area contributed by atoms with E-state index >= 15 is 0 Å². The summed E-state index contributed by atoms with van der Waals surface area (Å²) >= 11 is 0. The first-order valence-corrected chi connectivity index (χ1v) is 4.39. The number of nitrogen functional groups attached to an aromatic ring is 1. The summed E-state index contributed by atoms with van der Waals surface area (Å²) in [6.45, 7) is 2.33. The number of halogens is 2. The van der Waals surface area contributed by atoms with Gasteiger partial charge in [-0.25, -0.2) is 8.78 Å². The van der Waals surface area contributed by atoms with Crippen LogP contribution in [0.3, 0.4) is 0 Å². The largest absolute Gasteiger partial charge is 0.399 e. The minimum Gasteiger partial charge on any atom is -0.399 e. The fourth-order valence-corrected chi connectivity index (χ4v) is 0.956. The Morgan fingerprint density at radius 1 is 1.29 bits per heavy atom. The van der Waals surface area contributed by atoms with Crippen molar-refractivity contribution in [2.45, 2.75) is 25.8 Å². The van der Waals surface area contributed by atoms with Gasteiger partial charge in [0, 0.05) is 18.3 Å². The summed E-state index contributed by atoms with van der Waals surface area (Å²) in [6.07, 6.45) is 0. The second-order valence-electron chi connectivity index (χ2n) is 3.44. The molecule has 0 bridgehead atoms. The predicted molar refractivity (Wildman–Crippen MR) is 54.6 cm³/mol. The van der Waals surface area contributed by atoms with Gasteiger partial charge in [-0.15, -0.1) is 0 Å². The third-order valence-corrected chi connectivity index (χ3v) is 2.05. The third-order valence-electron chi connectivity index (χ3n) is 2.05. The highest BCUT2D eigenvalue weighted by molar-refractivity contribution is 5.51. The van der Waals surface area contributed by atoms with Gasteiger partial charge in [0.2, 0.25) is 0 Å². The van der Waals surface area contributed by atoms with Gasteiger partial charge in [0.15, 0.2) is 0 Å². The minimum absolute atomic E-state index is 0.617. The van der Waals surface area contributed by atoms with Crippen molar-refractivity contribution in [1.29, 1.82) is 0 Å². The van der Waals surface area contributed by atoms with Crippen molar-refractivity contribution in [2.75, 3.05) is 11.1 Å². The van der Waals surface area contributed by atoms with E-state index in [1.54, 1.807) is 24.3 Å². The highest BCUT2D eigenvalue weighted by atomic mass is 19.3. The van der Waals surface area contributed by atoms with Gasteiger partial charge in [-0.2, -0.15) is 0 Å². The topological polar surface area (TPSA) is 38.0 Å². The molecule has 1 aromatic carbocycles. The van der Waals surface area contributed by atoms with Crippen LogP contribution in [0.5, 0.6) is 0 Å². The maximum Gasteiger partial charge on any atom is 0.264 e. The zero-order valence-corrected chi connectivity index (χ0v) is 8.22. The Hall–Kier alpha value is -1.32. The molecule has 0 aliphatic carbocycles. The SMILES string of the molecule is CC(Nc1ccc(N)cc1)C(C)(F)F. The van der Waals surface area contributed by atoms with E-state index in [1.807, 2.05) is 0 Å². The highest BCUT2D eigenvalue weighted by Gasteiger charge is 2.29. The summed E-state index contributed by atoms with van der Waals surface area (Å²) in [6, 6.07) is 5.80. The molecule has 1 unspecified atom stereocenters. The van der Waals surface area contributed by atoms with Crippen molar-refractivity contribution in [3.05, 3.63) is 24.3 Å². The molecular formula is C10H14F2N2. The maximum absolute atomic E-state index is 12.8. The fourth-order valence-electron chi connectivity index (χ4n) is 0.956. The van der Waals surface area contributed by atoms with E-state index < -0.39 is 12.0 Å². The van der Waals surface area contributed by atoms with Crippen molar-refractivity contribution in [2.24, 2.45) is 0 Å². The van der Waals surface area contributed by atoms with Gasteiger partial charge in [-0.05, 0) is 31.2 Å². The lowest BCUT2D eigenvalue weighted by atomic mass is 10.2. The lowest BCUT2D eigenvalue weighted by Gasteiger charge is -2.21. The van der Waals surface area contributed by atoms with Crippen LogP contribution in [-0.2, 0) is 0 Å². The van der Waals surface area contributed by atoms with Gasteiger partial charge in [0.25, 0.3) is 5.92 Å². The molecule has 14 heavy (non-hydrogen) atoms. The summed E-state index contributed by atoms with van der Waals surface area (Å²) in [7, 11) is 0. The maximum atomic E-state index is 12.8. The zero-order valence-electron chi connectivity index (χ0n) is 8.22. The van der Waals surface area contributed by atoms with E-state index in [-0.39, 0.29) is 0 Å². The van der Waals surface area contributed by atoms with Gasteiger partial charge in [-0.1, -0.05) is 0 Å². The molecule has 3 N–H and O–H groups in total. The van der Waals surface area contributed by atoms with Crippen LogP contribution in [0.15, 0.2) is 24.3 Å². The number of nitrogens with two attached hydrogens (primary N) is 1. The molecule has 0 aliphatic rings. The monoisotopic (exact) mass is 200 g/mol. The van der Waals surface area contributed by atoms with Gasteiger partial charge < -0.3 is 11.1 Å². The molecule has 1 aromatic rings. The van der Waals surface area contributed by atoms with Gasteiger partial charge in [0.1, 0.15) is 0 Å². The molecule has 2 nitrogen and oxygen atoms in total. The molecule has 0 saturated heterocycles. The number of rotatable bonds is 3. The Morgan fingerprint density at radius 3 is 2.21 bits per heavy atom. The molecule has 0 amide bonds. The molecule has 0 aliphatic heterocycles. The summed E-state index contributed by atoms with van der Waals surface area (Å²) in [5, 5.41) is 2.70. The Balaban J connectivity index is 2.65. The zero-order chi connectivity index (χ0) is 10.8. The van der Waals surface area contributed by atoms with E-state index in [2.05, 4.69) is 5.32 Å². The molecule has 0 heterocycles. The molecule has 4 heteroatoms. The number of benzene rings is 1. The summed E-state index contributed by atoms with van der Waals surface area (Å²) < 4.78 is 25.6. The standard InChI is InChI=1S/C10H14F2N2/c1-7(10(2,11)12)14-9-5-3-8(13)4-6-9/h3-7,14H,13H2,1-2H3. The van der Waals surface area contributed by atoms with Crippen molar-refractivity contribution in [1.82, 2.24) is 0 Å². The molecule has 1 rings (SSSR count). The summed E-state index contributed by atoms with van der Waals surface area (Å²) in [5.41, 5.74) is 6.73. The van der Waals surface area contributed by atoms with E-state index in [1.165, 1.54) is 6.92 Å². The Kier molecular flexibility index (Phi) is 2.93. The van der Waals surface area contributed by atoms with Gasteiger partial charge in [0.05, 0.1) is 6.04 Å². The van der Waals surface area contributed by atoms with Crippen LogP contribution in [0.25, 0.3) is 0 Å². The first-order chi connectivity index (χ1) is 6.39. The second kappa shape index (κ2) is 3.82. The summed E-state index contributed by atoms with van der Waals surface area (Å²) in [4.78, 5) is 0. The average molecular weight is 200 g/mol. The first-order valence-electron chi connectivity index (χ1n) is 4.39. The fraction of sp³-hybridized carbons (Fsp3) is 0.400. The lowest BCUT2D eigenvalue weighted by Crippen LogP contribution is -2.34. The van der Waals surface area contributed by atoms with Crippen molar-refractivity contribution in [3.63, 3.8) is 0 Å². The van der Waals surface area contributed by atoms with E-state index in [9.17, 15) is 8.78 Å². The van der Waals surface area contributed by atoms with Crippen LogP contribution in [0.4, 0.5) is 20.2 Å². The molecule has 1 atom stereocenters. The summed E-state index contributed by atoms with van der Waals surface area (Å²) in [5.74, 6) is -2.73. The number of hydrogen-bond acceptors (Lipinski definition) is 2. The van der Waals surface area contributed by atoms with Gasteiger partial charge in [-0.3, -0.25) is 0 Å². The highest BCUT2D eigenvalue weighted by Crippen LogP contribution is 2.21. The molecule has 0 aromatic heterocycles. The quantitative estimate of drug-likeness (QED) is 0.736. The molecule has 0 saturated carbocycles. The molecule has 0 radical (unpaired) electrons. The van der Waals surface area contributed by atoms with Crippen molar-refractivity contribution >= 4 is 11.4 Å². The normalized spacial score (nSPS) is 13.7. The Morgan fingerprint density at radius 2 is 1.79 bits per heavy atom. The van der Waals surface area contributed by atoms with Gasteiger partial charge >= 0.3 is 0 Å². The molecular weight excluding hydrogens is 186 g/mol.